The lowest BCUT2D eigenvalue weighted by atomic mass is 10.2. The first-order valence-electron chi connectivity index (χ1n) is 7.81. The van der Waals surface area contributed by atoms with E-state index in [1.807, 2.05) is 0 Å². The molecule has 0 radical (unpaired) electrons. The molecular formula is C18H18Cl2N2O3. The van der Waals surface area contributed by atoms with Gasteiger partial charge in [0, 0.05) is 22.3 Å². The molecule has 0 atom stereocenters. The Kier molecular flexibility index (Phi) is 7.10. The number of rotatable bonds is 6. The van der Waals surface area contributed by atoms with E-state index in [0.717, 1.165) is 12.8 Å². The molecule has 0 bridgehead atoms. The van der Waals surface area contributed by atoms with Gasteiger partial charge in [-0.15, -0.1) is 0 Å². The van der Waals surface area contributed by atoms with Crippen molar-refractivity contribution < 1.29 is 14.3 Å². The number of benzene rings is 2. The smallest absolute Gasteiger partial charge is 0.343 e. The maximum Gasteiger partial charge on any atom is 0.343 e. The Balaban J connectivity index is 1.94. The van der Waals surface area contributed by atoms with E-state index in [4.69, 9.17) is 27.9 Å². The number of halogens is 2. The Hall–Kier alpha value is -2.24. The van der Waals surface area contributed by atoms with Crippen LogP contribution in [0.1, 0.15) is 30.1 Å². The zero-order valence-corrected chi connectivity index (χ0v) is 15.2. The first kappa shape index (κ1) is 19.1. The molecule has 0 aliphatic carbocycles. The number of carbonyl (C=O) groups is 2. The Morgan fingerprint density at radius 2 is 1.68 bits per heavy atom. The number of ether oxygens (including phenoxy) is 1. The zero-order chi connectivity index (χ0) is 18.2. The third kappa shape index (κ3) is 6.29. The van der Waals surface area contributed by atoms with Gasteiger partial charge in [-0.25, -0.2) is 9.59 Å². The van der Waals surface area contributed by atoms with Crippen LogP contribution < -0.4 is 15.4 Å². The Morgan fingerprint density at radius 1 is 1.04 bits per heavy atom. The van der Waals surface area contributed by atoms with Gasteiger partial charge < -0.3 is 15.4 Å². The van der Waals surface area contributed by atoms with E-state index in [2.05, 4.69) is 17.6 Å². The molecule has 2 N–H and O–H groups in total. The molecule has 0 aliphatic heterocycles. The summed E-state index contributed by atoms with van der Waals surface area (Å²) in [6.45, 7) is 2.67. The van der Waals surface area contributed by atoms with Crippen molar-refractivity contribution in [1.82, 2.24) is 5.32 Å². The van der Waals surface area contributed by atoms with Crippen molar-refractivity contribution >= 4 is 40.9 Å². The number of anilines is 1. The van der Waals surface area contributed by atoms with E-state index in [-0.39, 0.29) is 11.8 Å². The predicted octanol–water partition coefficient (Wildman–Crippen LogP) is 5.13. The van der Waals surface area contributed by atoms with E-state index in [0.29, 0.717) is 27.8 Å². The summed E-state index contributed by atoms with van der Waals surface area (Å²) in [7, 11) is 0. The van der Waals surface area contributed by atoms with Gasteiger partial charge in [0.05, 0.1) is 5.56 Å². The largest absolute Gasteiger partial charge is 0.423 e. The molecule has 2 aromatic carbocycles. The fraction of sp³-hybridized carbons (Fsp3) is 0.222. The first-order chi connectivity index (χ1) is 12.0. The molecule has 0 saturated carbocycles. The van der Waals surface area contributed by atoms with Crippen LogP contribution in [0.25, 0.3) is 0 Å². The third-order valence-corrected chi connectivity index (χ3v) is 3.68. The van der Waals surface area contributed by atoms with E-state index in [1.54, 1.807) is 30.3 Å². The van der Waals surface area contributed by atoms with Crippen LogP contribution in [0.5, 0.6) is 5.75 Å². The molecule has 0 aromatic heterocycles. The monoisotopic (exact) mass is 380 g/mol. The minimum atomic E-state index is -0.544. The standard InChI is InChI=1S/C18H18Cl2N2O3/c1-2-3-8-21-18(24)22-15-6-4-12(5-7-15)17(23)25-16-10-13(19)9-14(20)11-16/h4-7,9-11H,2-3,8H2,1H3,(H2,21,22,24). The van der Waals surface area contributed by atoms with Gasteiger partial charge in [-0.2, -0.15) is 0 Å². The third-order valence-electron chi connectivity index (χ3n) is 3.24. The molecule has 2 aromatic rings. The molecule has 5 nitrogen and oxygen atoms in total. The minimum absolute atomic E-state index is 0.264. The van der Waals surface area contributed by atoms with Crippen molar-refractivity contribution in [3.63, 3.8) is 0 Å². The number of esters is 1. The quantitative estimate of drug-likeness (QED) is 0.414. The van der Waals surface area contributed by atoms with Crippen molar-refractivity contribution in [2.45, 2.75) is 19.8 Å². The number of amides is 2. The van der Waals surface area contributed by atoms with Gasteiger partial charge >= 0.3 is 12.0 Å². The summed E-state index contributed by atoms with van der Waals surface area (Å²) in [6.07, 6.45) is 1.93. The molecule has 7 heteroatoms. The number of carbonyl (C=O) groups excluding carboxylic acids is 2. The maximum absolute atomic E-state index is 12.1. The lowest BCUT2D eigenvalue weighted by Gasteiger charge is -2.08. The number of hydrogen-bond acceptors (Lipinski definition) is 3. The molecule has 2 rings (SSSR count). The van der Waals surface area contributed by atoms with Crippen LogP contribution in [0.4, 0.5) is 10.5 Å². The van der Waals surface area contributed by atoms with E-state index in [1.165, 1.54) is 12.1 Å². The van der Waals surface area contributed by atoms with Crippen molar-refractivity contribution in [2.24, 2.45) is 0 Å². The van der Waals surface area contributed by atoms with Gasteiger partial charge in [0.2, 0.25) is 0 Å². The molecule has 0 saturated heterocycles. The Bertz CT molecular complexity index is 728. The van der Waals surface area contributed by atoms with Gasteiger partial charge in [-0.1, -0.05) is 36.5 Å². The van der Waals surface area contributed by atoms with Gasteiger partial charge in [-0.3, -0.25) is 0 Å². The summed E-state index contributed by atoms with van der Waals surface area (Å²) < 4.78 is 5.24. The van der Waals surface area contributed by atoms with Gasteiger partial charge in [-0.05, 0) is 48.9 Å². The summed E-state index contributed by atoms with van der Waals surface area (Å²) in [5.74, 6) is -0.280. The molecule has 25 heavy (non-hydrogen) atoms. The zero-order valence-electron chi connectivity index (χ0n) is 13.6. The van der Waals surface area contributed by atoms with Crippen LogP contribution in [0.3, 0.4) is 0 Å². The fourth-order valence-electron chi connectivity index (χ4n) is 2.00. The molecule has 0 spiro atoms. The summed E-state index contributed by atoms with van der Waals surface area (Å²) in [4.78, 5) is 23.8. The SMILES string of the molecule is CCCCNC(=O)Nc1ccc(C(=O)Oc2cc(Cl)cc(Cl)c2)cc1. The van der Waals surface area contributed by atoms with Crippen LogP contribution in [0, 0.1) is 0 Å². The summed E-state index contributed by atoms with van der Waals surface area (Å²) >= 11 is 11.7. The minimum Gasteiger partial charge on any atom is -0.423 e. The van der Waals surface area contributed by atoms with E-state index >= 15 is 0 Å². The number of hydrogen-bond donors (Lipinski definition) is 2. The molecule has 2 amide bonds. The van der Waals surface area contributed by atoms with Gasteiger partial charge in [0.1, 0.15) is 5.75 Å². The summed E-state index contributed by atoms with van der Waals surface area (Å²) in [5, 5.41) is 6.20. The normalized spacial score (nSPS) is 10.2. The van der Waals surface area contributed by atoms with Gasteiger partial charge in [0.15, 0.2) is 0 Å². The molecule has 0 heterocycles. The van der Waals surface area contributed by atoms with Crippen LogP contribution in [-0.2, 0) is 0 Å². The van der Waals surface area contributed by atoms with Gasteiger partial charge in [0.25, 0.3) is 0 Å². The molecule has 132 valence electrons. The molecular weight excluding hydrogens is 363 g/mol. The average molecular weight is 381 g/mol. The topological polar surface area (TPSA) is 67.4 Å². The van der Waals surface area contributed by atoms with Crippen LogP contribution in [-0.4, -0.2) is 18.5 Å². The Morgan fingerprint density at radius 3 is 2.28 bits per heavy atom. The first-order valence-corrected chi connectivity index (χ1v) is 8.56. The maximum atomic E-state index is 12.1. The van der Waals surface area contributed by atoms with E-state index < -0.39 is 5.97 Å². The predicted molar refractivity (Wildman–Crippen MR) is 99.8 cm³/mol. The number of urea groups is 1. The van der Waals surface area contributed by atoms with Crippen LogP contribution >= 0.6 is 23.2 Å². The molecule has 0 fully saturated rings. The summed E-state index contributed by atoms with van der Waals surface area (Å²) in [6, 6.07) is 10.7. The van der Waals surface area contributed by atoms with Crippen molar-refractivity contribution in [1.29, 1.82) is 0 Å². The van der Waals surface area contributed by atoms with Crippen molar-refractivity contribution in [3.8, 4) is 5.75 Å². The highest BCUT2D eigenvalue weighted by molar-refractivity contribution is 6.34. The van der Waals surface area contributed by atoms with E-state index in [9.17, 15) is 9.59 Å². The second-order valence-corrected chi connectivity index (χ2v) is 6.18. The highest BCUT2D eigenvalue weighted by atomic mass is 35.5. The molecule has 0 unspecified atom stereocenters. The highest BCUT2D eigenvalue weighted by Gasteiger charge is 2.10. The highest BCUT2D eigenvalue weighted by Crippen LogP contribution is 2.25. The Labute approximate surface area is 156 Å². The van der Waals surface area contributed by atoms with Crippen molar-refractivity contribution in [2.75, 3.05) is 11.9 Å². The van der Waals surface area contributed by atoms with Crippen LogP contribution in [0.2, 0.25) is 10.0 Å². The molecule has 0 aliphatic rings. The second-order valence-electron chi connectivity index (χ2n) is 5.31. The fourth-order valence-corrected chi connectivity index (χ4v) is 2.50. The lowest BCUT2D eigenvalue weighted by Crippen LogP contribution is -2.29. The lowest BCUT2D eigenvalue weighted by molar-refractivity contribution is 0.0735. The summed E-state index contributed by atoms with van der Waals surface area (Å²) in [5.41, 5.74) is 0.921. The number of unbranched alkanes of at least 4 members (excludes halogenated alkanes) is 1. The number of nitrogens with one attached hydrogen (secondary N) is 2. The average Bonchev–Trinajstić information content (AvgIpc) is 2.54. The second kappa shape index (κ2) is 9.30. The van der Waals surface area contributed by atoms with Crippen LogP contribution in [0.15, 0.2) is 42.5 Å². The van der Waals surface area contributed by atoms with Crippen molar-refractivity contribution in [3.05, 3.63) is 58.1 Å².